The van der Waals surface area contributed by atoms with Crippen LogP contribution in [0.25, 0.3) is 0 Å². The van der Waals surface area contributed by atoms with Crippen molar-refractivity contribution in [1.82, 2.24) is 15.3 Å². The molecule has 1 aliphatic rings. The van der Waals surface area contributed by atoms with Crippen LogP contribution in [0.2, 0.25) is 0 Å². The molecule has 0 radical (unpaired) electrons. The van der Waals surface area contributed by atoms with Crippen LogP contribution in [-0.4, -0.2) is 28.9 Å². The molecular weight excluding hydrogens is 240 g/mol. The Hall–Kier alpha value is -2.43. The molecule has 3 heterocycles. The number of aromatic nitrogens is 2. The maximum atomic E-state index is 5.78. The van der Waals surface area contributed by atoms with Gasteiger partial charge in [0.25, 0.3) is 0 Å². The summed E-state index contributed by atoms with van der Waals surface area (Å²) in [6, 6.07) is 7.70. The Morgan fingerprint density at radius 2 is 2.05 bits per heavy atom. The van der Waals surface area contributed by atoms with Gasteiger partial charge in [-0.05, 0) is 29.8 Å². The van der Waals surface area contributed by atoms with Crippen molar-refractivity contribution >= 4 is 5.84 Å². The van der Waals surface area contributed by atoms with Gasteiger partial charge in [-0.3, -0.25) is 9.98 Å². The normalized spacial score (nSPS) is 13.8. The molecule has 0 bridgehead atoms. The van der Waals surface area contributed by atoms with Crippen LogP contribution in [0.1, 0.15) is 11.1 Å². The number of aliphatic imine (C=N–C) groups is 1. The summed E-state index contributed by atoms with van der Waals surface area (Å²) in [6.45, 7) is 2.14. The van der Waals surface area contributed by atoms with Gasteiger partial charge in [-0.15, -0.1) is 0 Å². The van der Waals surface area contributed by atoms with Crippen molar-refractivity contribution in [2.24, 2.45) is 4.99 Å². The first-order valence-corrected chi connectivity index (χ1v) is 6.19. The first-order chi connectivity index (χ1) is 9.43. The molecule has 5 heteroatoms. The second-order valence-corrected chi connectivity index (χ2v) is 4.16. The SMILES string of the molecule is c1cnc(OCc2ccncc2)c(C2=NCCN2)c1. The molecule has 1 N–H and O–H groups in total. The molecule has 5 nitrogen and oxygen atoms in total. The van der Waals surface area contributed by atoms with Gasteiger partial charge in [0, 0.05) is 25.1 Å². The van der Waals surface area contributed by atoms with Gasteiger partial charge in [-0.25, -0.2) is 4.98 Å². The third-order valence-electron chi connectivity index (χ3n) is 2.83. The van der Waals surface area contributed by atoms with Gasteiger partial charge in [-0.1, -0.05) is 0 Å². The summed E-state index contributed by atoms with van der Waals surface area (Å²) < 4.78 is 5.78. The van der Waals surface area contributed by atoms with Crippen molar-refractivity contribution in [2.45, 2.75) is 6.61 Å². The average molecular weight is 254 g/mol. The molecule has 1 aliphatic heterocycles. The highest BCUT2D eigenvalue weighted by Gasteiger charge is 2.14. The zero-order chi connectivity index (χ0) is 12.9. The van der Waals surface area contributed by atoms with Gasteiger partial charge < -0.3 is 10.1 Å². The zero-order valence-electron chi connectivity index (χ0n) is 10.4. The second kappa shape index (κ2) is 5.48. The highest BCUT2D eigenvalue weighted by molar-refractivity contribution is 6.01. The van der Waals surface area contributed by atoms with Crippen LogP contribution < -0.4 is 10.1 Å². The molecule has 0 aromatic carbocycles. The number of ether oxygens (including phenoxy) is 1. The van der Waals surface area contributed by atoms with Crippen molar-refractivity contribution in [3.05, 3.63) is 54.0 Å². The van der Waals surface area contributed by atoms with E-state index in [1.54, 1.807) is 18.6 Å². The van der Waals surface area contributed by atoms with Crippen LogP contribution in [0.3, 0.4) is 0 Å². The molecule has 2 aromatic heterocycles. The molecule has 3 rings (SSSR count). The number of nitrogens with zero attached hydrogens (tertiary/aromatic N) is 3. The third kappa shape index (κ3) is 2.70. The summed E-state index contributed by atoms with van der Waals surface area (Å²) in [5, 5.41) is 3.23. The van der Waals surface area contributed by atoms with Crippen molar-refractivity contribution in [1.29, 1.82) is 0 Å². The quantitative estimate of drug-likeness (QED) is 0.896. The lowest BCUT2D eigenvalue weighted by molar-refractivity contribution is 0.293. The number of hydrogen-bond acceptors (Lipinski definition) is 5. The minimum absolute atomic E-state index is 0.472. The van der Waals surface area contributed by atoms with Crippen molar-refractivity contribution < 1.29 is 4.74 Å². The molecular formula is C14H14N4O. The van der Waals surface area contributed by atoms with E-state index in [0.29, 0.717) is 12.5 Å². The van der Waals surface area contributed by atoms with E-state index in [0.717, 1.165) is 30.1 Å². The standard InChI is InChI=1S/C14H14N4O/c1-2-12(13-16-8-9-17-13)14(18-5-1)19-10-11-3-6-15-7-4-11/h1-7H,8-10H2,(H,16,17). The third-order valence-corrected chi connectivity index (χ3v) is 2.83. The molecule has 0 spiro atoms. The lowest BCUT2D eigenvalue weighted by Gasteiger charge is -2.10. The highest BCUT2D eigenvalue weighted by atomic mass is 16.5. The molecule has 0 unspecified atom stereocenters. The van der Waals surface area contributed by atoms with E-state index in [1.807, 2.05) is 24.3 Å². The van der Waals surface area contributed by atoms with E-state index >= 15 is 0 Å². The molecule has 2 aromatic rings. The Morgan fingerprint density at radius 1 is 1.16 bits per heavy atom. The fourth-order valence-corrected chi connectivity index (χ4v) is 1.90. The van der Waals surface area contributed by atoms with Crippen molar-refractivity contribution in [2.75, 3.05) is 13.1 Å². The van der Waals surface area contributed by atoms with Gasteiger partial charge in [0.15, 0.2) is 0 Å². The van der Waals surface area contributed by atoms with Crippen LogP contribution in [0, 0.1) is 0 Å². The van der Waals surface area contributed by atoms with Crippen LogP contribution in [0.5, 0.6) is 5.88 Å². The summed E-state index contributed by atoms with van der Waals surface area (Å²) in [7, 11) is 0. The van der Waals surface area contributed by atoms with Crippen LogP contribution in [0.4, 0.5) is 0 Å². The molecule has 96 valence electrons. The van der Waals surface area contributed by atoms with Crippen LogP contribution >= 0.6 is 0 Å². The van der Waals surface area contributed by atoms with E-state index in [9.17, 15) is 0 Å². The summed E-state index contributed by atoms with van der Waals surface area (Å²) in [4.78, 5) is 12.7. The molecule has 0 amide bonds. The van der Waals surface area contributed by atoms with Crippen molar-refractivity contribution in [3.8, 4) is 5.88 Å². The second-order valence-electron chi connectivity index (χ2n) is 4.16. The largest absolute Gasteiger partial charge is 0.472 e. The molecule has 0 fully saturated rings. The van der Waals surface area contributed by atoms with E-state index < -0.39 is 0 Å². The van der Waals surface area contributed by atoms with Gasteiger partial charge in [0.1, 0.15) is 12.4 Å². The molecule has 19 heavy (non-hydrogen) atoms. The Kier molecular flexibility index (Phi) is 3.36. The average Bonchev–Trinajstić information content (AvgIpc) is 3.01. The number of hydrogen-bond donors (Lipinski definition) is 1. The summed E-state index contributed by atoms with van der Waals surface area (Å²) in [6.07, 6.45) is 5.22. The first-order valence-electron chi connectivity index (χ1n) is 6.19. The Labute approximate surface area is 111 Å². The topological polar surface area (TPSA) is 59.4 Å². The maximum Gasteiger partial charge on any atom is 0.224 e. The maximum absolute atomic E-state index is 5.78. The zero-order valence-corrected chi connectivity index (χ0v) is 10.4. The van der Waals surface area contributed by atoms with Gasteiger partial charge >= 0.3 is 0 Å². The molecule has 0 aliphatic carbocycles. The Bertz CT molecular complexity index is 583. The fourth-order valence-electron chi connectivity index (χ4n) is 1.90. The van der Waals surface area contributed by atoms with Crippen molar-refractivity contribution in [3.63, 3.8) is 0 Å². The number of pyridine rings is 2. The first kappa shape index (κ1) is 11.6. The Morgan fingerprint density at radius 3 is 2.84 bits per heavy atom. The molecule has 0 atom stereocenters. The van der Waals surface area contributed by atoms with Gasteiger partial charge in [0.2, 0.25) is 5.88 Å². The minimum Gasteiger partial charge on any atom is -0.472 e. The lowest BCUT2D eigenvalue weighted by atomic mass is 10.2. The van der Waals surface area contributed by atoms with E-state index in [4.69, 9.17) is 4.74 Å². The monoisotopic (exact) mass is 254 g/mol. The van der Waals surface area contributed by atoms with Gasteiger partial charge in [0.05, 0.1) is 12.1 Å². The van der Waals surface area contributed by atoms with Crippen LogP contribution in [0.15, 0.2) is 47.8 Å². The lowest BCUT2D eigenvalue weighted by Crippen LogP contribution is -2.20. The fraction of sp³-hybridized carbons (Fsp3) is 0.214. The number of amidine groups is 1. The molecule has 0 saturated heterocycles. The smallest absolute Gasteiger partial charge is 0.224 e. The van der Waals surface area contributed by atoms with E-state index in [2.05, 4.69) is 20.3 Å². The number of rotatable bonds is 4. The van der Waals surface area contributed by atoms with E-state index in [1.165, 1.54) is 0 Å². The number of nitrogens with one attached hydrogen (secondary N) is 1. The summed E-state index contributed by atoms with van der Waals surface area (Å²) >= 11 is 0. The van der Waals surface area contributed by atoms with E-state index in [-0.39, 0.29) is 0 Å². The summed E-state index contributed by atoms with van der Waals surface area (Å²) in [5.41, 5.74) is 1.97. The predicted molar refractivity (Wildman–Crippen MR) is 72.2 cm³/mol. The Balaban J connectivity index is 1.77. The van der Waals surface area contributed by atoms with Crippen LogP contribution in [-0.2, 0) is 6.61 Å². The molecule has 0 saturated carbocycles. The van der Waals surface area contributed by atoms with Gasteiger partial charge in [-0.2, -0.15) is 0 Å². The predicted octanol–water partition coefficient (Wildman–Crippen LogP) is 1.41. The minimum atomic E-state index is 0.472. The highest BCUT2D eigenvalue weighted by Crippen LogP contribution is 2.17. The summed E-state index contributed by atoms with van der Waals surface area (Å²) in [5.74, 6) is 1.46.